The molecule has 0 fully saturated rings. The van der Waals surface area contributed by atoms with Crippen molar-refractivity contribution in [3.8, 4) is 5.75 Å². The fourth-order valence-corrected chi connectivity index (χ4v) is 3.16. The third kappa shape index (κ3) is 4.85. The van der Waals surface area contributed by atoms with Crippen molar-refractivity contribution in [3.63, 3.8) is 0 Å². The van der Waals surface area contributed by atoms with Crippen LogP contribution in [-0.2, 0) is 21.0 Å². The molecule has 0 spiro atoms. The minimum absolute atomic E-state index is 0.0389. The molecule has 1 N–H and O–H groups in total. The van der Waals surface area contributed by atoms with Crippen LogP contribution in [0.5, 0.6) is 5.75 Å². The van der Waals surface area contributed by atoms with Gasteiger partial charge in [-0.2, -0.15) is 13.2 Å². The molecule has 7 nitrogen and oxygen atoms in total. The van der Waals surface area contributed by atoms with E-state index in [4.69, 9.17) is 8.92 Å². The van der Waals surface area contributed by atoms with E-state index < -0.39 is 29.8 Å². The normalized spacial score (nSPS) is 12.7. The van der Waals surface area contributed by atoms with Gasteiger partial charge in [0.25, 0.3) is 0 Å². The molecule has 0 aliphatic rings. The Balaban J connectivity index is 1.66. The second-order valence-corrected chi connectivity index (χ2v) is 6.77. The molecular formula is C17H14F3N3O4S. The van der Waals surface area contributed by atoms with Gasteiger partial charge in [0.1, 0.15) is 11.5 Å². The number of rotatable bonds is 6. The molecule has 0 bridgehead atoms. The molecule has 0 amide bonds. The predicted octanol–water partition coefficient (Wildman–Crippen LogP) is 3.23. The molecule has 0 aliphatic carbocycles. The van der Waals surface area contributed by atoms with Crippen LogP contribution in [0.3, 0.4) is 0 Å². The maximum absolute atomic E-state index is 12.3. The smallest absolute Gasteiger partial charge is 0.422 e. The van der Waals surface area contributed by atoms with Gasteiger partial charge in [0.2, 0.25) is 16.9 Å². The van der Waals surface area contributed by atoms with Crippen LogP contribution >= 0.6 is 0 Å². The lowest BCUT2D eigenvalue weighted by Gasteiger charge is -2.13. The quantitative estimate of drug-likeness (QED) is 0.667. The zero-order chi connectivity index (χ0) is 20.3. The highest BCUT2D eigenvalue weighted by Crippen LogP contribution is 2.24. The van der Waals surface area contributed by atoms with Crippen molar-refractivity contribution in [2.45, 2.75) is 18.9 Å². The Morgan fingerprint density at radius 3 is 2.71 bits per heavy atom. The number of nitrogens with one attached hydrogen (secondary N) is 1. The number of carbonyl (C=O) groups is 1. The number of pyridine rings is 1. The van der Waals surface area contributed by atoms with Crippen LogP contribution in [0.25, 0.3) is 11.0 Å². The van der Waals surface area contributed by atoms with Crippen molar-refractivity contribution in [1.29, 1.82) is 0 Å². The molecule has 28 heavy (non-hydrogen) atoms. The van der Waals surface area contributed by atoms with E-state index in [1.165, 1.54) is 19.2 Å². The van der Waals surface area contributed by atoms with Gasteiger partial charge in [0, 0.05) is 11.8 Å². The summed E-state index contributed by atoms with van der Waals surface area (Å²) in [5, 5.41) is 0. The van der Waals surface area contributed by atoms with E-state index in [2.05, 4.69) is 15.0 Å². The number of nitrogens with zero attached hydrogens (tertiary/aromatic N) is 2. The van der Waals surface area contributed by atoms with Crippen LogP contribution in [0.4, 0.5) is 13.2 Å². The number of H-pyrrole nitrogens is 1. The van der Waals surface area contributed by atoms with Crippen molar-refractivity contribution < 1.29 is 31.1 Å². The lowest BCUT2D eigenvalue weighted by Crippen LogP contribution is -2.20. The summed E-state index contributed by atoms with van der Waals surface area (Å²) in [4.78, 5) is 22.9. The first-order valence-corrected chi connectivity index (χ1v) is 9.17. The molecule has 0 saturated heterocycles. The van der Waals surface area contributed by atoms with Gasteiger partial charge >= 0.3 is 12.1 Å². The van der Waals surface area contributed by atoms with Gasteiger partial charge in [0.15, 0.2) is 6.61 Å². The molecule has 1 unspecified atom stereocenters. The monoisotopic (exact) mass is 413 g/mol. The van der Waals surface area contributed by atoms with E-state index in [9.17, 15) is 22.2 Å². The summed E-state index contributed by atoms with van der Waals surface area (Å²) in [5.41, 5.74) is 1.63. The molecule has 1 aromatic carbocycles. The Bertz CT molecular complexity index is 1000. The minimum Gasteiger partial charge on any atom is -0.484 e. The number of aromatic nitrogens is 3. The Morgan fingerprint density at radius 1 is 1.25 bits per heavy atom. The van der Waals surface area contributed by atoms with E-state index in [1.54, 1.807) is 24.3 Å². The number of imidazole rings is 1. The molecular weight excluding hydrogens is 399 g/mol. The Kier molecular flexibility index (Phi) is 5.63. The fraction of sp³-hybridized carbons (Fsp3) is 0.235. The number of carbonyl (C=O) groups excluding carboxylic acids is 1. The van der Waals surface area contributed by atoms with Crippen LogP contribution in [0, 0.1) is 6.92 Å². The standard InChI is InChI=1S/C17H14F3N3O4S/c1-10-13(21-7-6-14(10)26-9-17(18,19)20)8-28(25)27-16(24)15-22-11-4-2-3-5-12(11)23-15/h2-7H,8-9H2,1H3,(H,22,23). The zero-order valence-corrected chi connectivity index (χ0v) is 15.3. The van der Waals surface area contributed by atoms with Gasteiger partial charge in [-0.15, -0.1) is 0 Å². The molecule has 3 rings (SSSR count). The first-order valence-electron chi connectivity index (χ1n) is 7.93. The van der Waals surface area contributed by atoms with Gasteiger partial charge in [-0.25, -0.2) is 14.0 Å². The lowest BCUT2D eigenvalue weighted by atomic mass is 10.2. The molecule has 2 aromatic heterocycles. The summed E-state index contributed by atoms with van der Waals surface area (Å²) in [7, 11) is 0. The minimum atomic E-state index is -4.49. The van der Waals surface area contributed by atoms with E-state index in [0.29, 0.717) is 11.0 Å². The lowest BCUT2D eigenvalue weighted by molar-refractivity contribution is -0.153. The van der Waals surface area contributed by atoms with Crippen LogP contribution in [-0.4, -0.2) is 37.9 Å². The van der Waals surface area contributed by atoms with Crippen LogP contribution in [0.1, 0.15) is 21.9 Å². The van der Waals surface area contributed by atoms with Crippen LogP contribution < -0.4 is 4.74 Å². The third-order valence-electron chi connectivity index (χ3n) is 3.66. The fourth-order valence-electron chi connectivity index (χ4n) is 2.33. The molecule has 0 aliphatic heterocycles. The number of alkyl halides is 3. The van der Waals surface area contributed by atoms with E-state index in [0.717, 1.165) is 0 Å². The number of halogens is 3. The first kappa shape index (κ1) is 19.8. The summed E-state index contributed by atoms with van der Waals surface area (Å²) in [6.07, 6.45) is -3.26. The van der Waals surface area contributed by atoms with Crippen molar-refractivity contribution >= 4 is 28.1 Å². The number of fused-ring (bicyclic) bond motifs is 1. The van der Waals surface area contributed by atoms with Crippen molar-refractivity contribution in [1.82, 2.24) is 15.0 Å². The zero-order valence-electron chi connectivity index (χ0n) is 14.4. The van der Waals surface area contributed by atoms with Gasteiger partial charge in [0.05, 0.1) is 16.7 Å². The number of aromatic amines is 1. The van der Waals surface area contributed by atoms with Crippen LogP contribution in [0.2, 0.25) is 0 Å². The maximum Gasteiger partial charge on any atom is 0.422 e. The van der Waals surface area contributed by atoms with Crippen molar-refractivity contribution in [2.75, 3.05) is 6.61 Å². The summed E-state index contributed by atoms with van der Waals surface area (Å²) < 4.78 is 58.7. The summed E-state index contributed by atoms with van der Waals surface area (Å²) in [6.45, 7) is 0.0216. The Labute approximate surface area is 159 Å². The number of hydrogen-bond acceptors (Lipinski definition) is 6. The molecule has 11 heteroatoms. The van der Waals surface area contributed by atoms with Gasteiger partial charge in [-0.3, -0.25) is 4.98 Å². The SMILES string of the molecule is Cc1c(OCC(F)(F)F)ccnc1CS(=O)OC(=O)c1nc2ccccc2[nH]1. The van der Waals surface area contributed by atoms with Gasteiger partial charge < -0.3 is 13.9 Å². The average Bonchev–Trinajstić information content (AvgIpc) is 3.06. The average molecular weight is 413 g/mol. The Morgan fingerprint density at radius 2 is 2.00 bits per heavy atom. The number of para-hydroxylation sites is 2. The van der Waals surface area contributed by atoms with Crippen molar-refractivity contribution in [2.24, 2.45) is 0 Å². The van der Waals surface area contributed by atoms with Crippen LogP contribution in [0.15, 0.2) is 36.5 Å². The predicted molar refractivity (Wildman–Crippen MR) is 93.9 cm³/mol. The largest absolute Gasteiger partial charge is 0.484 e. The summed E-state index contributed by atoms with van der Waals surface area (Å²) in [6, 6.07) is 8.19. The third-order valence-corrected chi connectivity index (χ3v) is 4.50. The molecule has 3 aromatic rings. The highest BCUT2D eigenvalue weighted by molar-refractivity contribution is 7.79. The highest BCUT2D eigenvalue weighted by Gasteiger charge is 2.29. The summed E-state index contributed by atoms with van der Waals surface area (Å²) >= 11 is -2.11. The van der Waals surface area contributed by atoms with Crippen molar-refractivity contribution in [3.05, 3.63) is 53.6 Å². The molecule has 1 atom stereocenters. The highest BCUT2D eigenvalue weighted by atomic mass is 32.2. The maximum atomic E-state index is 12.3. The number of benzene rings is 1. The second-order valence-electron chi connectivity index (χ2n) is 5.71. The first-order chi connectivity index (χ1) is 13.2. The van der Waals surface area contributed by atoms with Gasteiger partial charge in [-0.05, 0) is 25.1 Å². The topological polar surface area (TPSA) is 94.2 Å². The second kappa shape index (κ2) is 7.97. The van der Waals surface area contributed by atoms with Gasteiger partial charge in [-0.1, -0.05) is 12.1 Å². The van der Waals surface area contributed by atoms with E-state index >= 15 is 0 Å². The number of hydrogen-bond donors (Lipinski definition) is 1. The molecule has 2 heterocycles. The molecule has 0 saturated carbocycles. The summed E-state index contributed by atoms with van der Waals surface area (Å²) in [5.74, 6) is -1.37. The van der Waals surface area contributed by atoms with E-state index in [1.807, 2.05) is 0 Å². The number of ether oxygens (including phenoxy) is 1. The molecule has 0 radical (unpaired) electrons. The molecule has 148 valence electrons. The Hall–Kier alpha value is -2.95. The van der Waals surface area contributed by atoms with E-state index in [-0.39, 0.29) is 28.6 Å².